The van der Waals surface area contributed by atoms with Gasteiger partial charge in [0.25, 0.3) is 0 Å². The van der Waals surface area contributed by atoms with Gasteiger partial charge in [-0.15, -0.1) is 0 Å². The van der Waals surface area contributed by atoms with Crippen molar-refractivity contribution in [1.82, 2.24) is 0 Å². The molecule has 0 bridgehead atoms. The van der Waals surface area contributed by atoms with E-state index < -0.39 is 0 Å². The van der Waals surface area contributed by atoms with E-state index in [0.29, 0.717) is 6.42 Å². The molecule has 78 valence electrons. The van der Waals surface area contributed by atoms with Crippen molar-refractivity contribution < 1.29 is 4.79 Å². The van der Waals surface area contributed by atoms with E-state index in [1.54, 1.807) is 6.08 Å². The zero-order valence-corrected chi connectivity index (χ0v) is 9.20. The topological polar surface area (TPSA) is 17.1 Å². The third-order valence-corrected chi connectivity index (χ3v) is 1.76. The fourth-order valence-corrected chi connectivity index (χ4v) is 1.03. The largest absolute Gasteiger partial charge is 0.295 e. The molecule has 0 rings (SSSR count). The molecule has 0 aliphatic rings. The number of allylic oxidation sites excluding steroid dienone is 6. The van der Waals surface area contributed by atoms with Gasteiger partial charge in [-0.1, -0.05) is 37.3 Å². The number of hydrogen-bond donors (Lipinski definition) is 0. The van der Waals surface area contributed by atoms with Crippen molar-refractivity contribution in [2.45, 2.75) is 39.5 Å². The first-order chi connectivity index (χ1) is 6.81. The maximum absolute atomic E-state index is 11.0. The molecule has 0 atom stereocenters. The Morgan fingerprint density at radius 3 is 2.50 bits per heavy atom. The van der Waals surface area contributed by atoms with Gasteiger partial charge in [0, 0.05) is 6.42 Å². The van der Waals surface area contributed by atoms with Crippen LogP contribution in [-0.2, 0) is 4.79 Å². The van der Waals surface area contributed by atoms with Crippen LogP contribution in [0.5, 0.6) is 0 Å². The second kappa shape index (κ2) is 9.97. The second-order valence-corrected chi connectivity index (χ2v) is 3.15. The molecule has 0 unspecified atom stereocenters. The average molecular weight is 192 g/mol. The zero-order valence-electron chi connectivity index (χ0n) is 9.20. The molecule has 0 aliphatic heterocycles. The lowest BCUT2D eigenvalue weighted by Crippen LogP contribution is -1.88. The van der Waals surface area contributed by atoms with Gasteiger partial charge in [-0.3, -0.25) is 4.79 Å². The highest BCUT2D eigenvalue weighted by atomic mass is 16.1. The van der Waals surface area contributed by atoms with Crippen LogP contribution in [0.15, 0.2) is 36.5 Å². The number of unbranched alkanes of at least 4 members (excludes halogenated alkanes) is 1. The number of ketones is 1. The molecule has 0 aliphatic carbocycles. The number of rotatable bonds is 7. The fourth-order valence-electron chi connectivity index (χ4n) is 1.03. The normalized spacial score (nSPS) is 12.1. The molecule has 14 heavy (non-hydrogen) atoms. The van der Waals surface area contributed by atoms with E-state index in [9.17, 15) is 4.79 Å². The van der Waals surface area contributed by atoms with Crippen molar-refractivity contribution in [3.63, 3.8) is 0 Å². The Morgan fingerprint density at radius 2 is 1.86 bits per heavy atom. The molecule has 0 heterocycles. The van der Waals surface area contributed by atoms with E-state index >= 15 is 0 Å². The van der Waals surface area contributed by atoms with Gasteiger partial charge in [0.1, 0.15) is 0 Å². The van der Waals surface area contributed by atoms with Crippen LogP contribution in [0.2, 0.25) is 0 Å². The molecule has 0 aromatic heterocycles. The second-order valence-electron chi connectivity index (χ2n) is 3.15. The SMILES string of the molecule is CC=CCCC=CC=CC(=O)CCC. The Hall–Kier alpha value is -1.11. The third kappa shape index (κ3) is 8.98. The molecule has 0 radical (unpaired) electrons. The molecule has 0 aromatic carbocycles. The Morgan fingerprint density at radius 1 is 1.14 bits per heavy atom. The Kier molecular flexibility index (Phi) is 9.18. The predicted molar refractivity (Wildman–Crippen MR) is 62.2 cm³/mol. The van der Waals surface area contributed by atoms with Crippen molar-refractivity contribution in [3.8, 4) is 0 Å². The standard InChI is InChI=1S/C13H20O/c1-3-5-6-7-8-9-10-12-13(14)11-4-2/h3,5,8-10,12H,4,6-7,11H2,1-2H3. The molecule has 0 aromatic rings. The van der Waals surface area contributed by atoms with E-state index in [-0.39, 0.29) is 5.78 Å². The fraction of sp³-hybridized carbons (Fsp3) is 0.462. The first-order valence-electron chi connectivity index (χ1n) is 5.28. The van der Waals surface area contributed by atoms with Gasteiger partial charge in [-0.2, -0.15) is 0 Å². The summed E-state index contributed by atoms with van der Waals surface area (Å²) in [5.41, 5.74) is 0. The number of carbonyl (C=O) groups is 1. The van der Waals surface area contributed by atoms with E-state index in [0.717, 1.165) is 19.3 Å². The summed E-state index contributed by atoms with van der Waals surface area (Å²) in [5.74, 6) is 0.214. The molecular weight excluding hydrogens is 172 g/mol. The summed E-state index contributed by atoms with van der Waals surface area (Å²) in [4.78, 5) is 11.0. The Bertz CT molecular complexity index is 221. The van der Waals surface area contributed by atoms with Crippen molar-refractivity contribution in [3.05, 3.63) is 36.5 Å². The number of carbonyl (C=O) groups excluding carboxylic acids is 1. The molecule has 0 fully saturated rings. The van der Waals surface area contributed by atoms with Crippen molar-refractivity contribution >= 4 is 5.78 Å². The number of hydrogen-bond acceptors (Lipinski definition) is 1. The molecular formula is C13H20O. The summed E-state index contributed by atoms with van der Waals surface area (Å²) >= 11 is 0. The first kappa shape index (κ1) is 12.9. The summed E-state index contributed by atoms with van der Waals surface area (Å²) in [5, 5.41) is 0. The summed E-state index contributed by atoms with van der Waals surface area (Å²) in [7, 11) is 0. The van der Waals surface area contributed by atoms with Crippen LogP contribution in [0.4, 0.5) is 0 Å². The van der Waals surface area contributed by atoms with Crippen LogP contribution in [0.3, 0.4) is 0 Å². The van der Waals surface area contributed by atoms with E-state index in [1.807, 2.05) is 26.0 Å². The van der Waals surface area contributed by atoms with Gasteiger partial charge < -0.3 is 0 Å². The van der Waals surface area contributed by atoms with E-state index in [4.69, 9.17) is 0 Å². The van der Waals surface area contributed by atoms with Crippen LogP contribution in [0.25, 0.3) is 0 Å². The van der Waals surface area contributed by atoms with Gasteiger partial charge in [0.2, 0.25) is 0 Å². The highest BCUT2D eigenvalue weighted by Gasteiger charge is 1.90. The van der Waals surface area contributed by atoms with Crippen LogP contribution < -0.4 is 0 Å². The van der Waals surface area contributed by atoms with Crippen molar-refractivity contribution in [2.75, 3.05) is 0 Å². The quantitative estimate of drug-likeness (QED) is 0.259. The third-order valence-electron chi connectivity index (χ3n) is 1.76. The summed E-state index contributed by atoms with van der Waals surface area (Å²) in [6.45, 7) is 4.03. The van der Waals surface area contributed by atoms with Crippen LogP contribution in [0.1, 0.15) is 39.5 Å². The molecule has 0 spiro atoms. The lowest BCUT2D eigenvalue weighted by Gasteiger charge is -1.86. The van der Waals surface area contributed by atoms with Crippen LogP contribution >= 0.6 is 0 Å². The Balaban J connectivity index is 3.54. The van der Waals surface area contributed by atoms with Gasteiger partial charge in [-0.05, 0) is 32.3 Å². The van der Waals surface area contributed by atoms with Crippen molar-refractivity contribution in [1.29, 1.82) is 0 Å². The molecule has 1 nitrogen and oxygen atoms in total. The summed E-state index contributed by atoms with van der Waals surface area (Å²) in [6.07, 6.45) is 15.4. The zero-order chi connectivity index (χ0) is 10.6. The minimum absolute atomic E-state index is 0.214. The monoisotopic (exact) mass is 192 g/mol. The van der Waals surface area contributed by atoms with E-state index in [2.05, 4.69) is 18.2 Å². The lowest BCUT2D eigenvalue weighted by molar-refractivity contribution is -0.114. The minimum atomic E-state index is 0.214. The van der Waals surface area contributed by atoms with Crippen LogP contribution in [-0.4, -0.2) is 5.78 Å². The van der Waals surface area contributed by atoms with Gasteiger partial charge in [0.05, 0.1) is 0 Å². The van der Waals surface area contributed by atoms with Gasteiger partial charge in [-0.25, -0.2) is 0 Å². The highest BCUT2D eigenvalue weighted by molar-refractivity contribution is 5.89. The van der Waals surface area contributed by atoms with Gasteiger partial charge >= 0.3 is 0 Å². The maximum atomic E-state index is 11.0. The average Bonchev–Trinajstić information content (AvgIpc) is 2.17. The molecule has 0 amide bonds. The molecule has 0 saturated heterocycles. The predicted octanol–water partition coefficient (Wildman–Crippen LogP) is 3.82. The van der Waals surface area contributed by atoms with Crippen molar-refractivity contribution in [2.24, 2.45) is 0 Å². The maximum Gasteiger partial charge on any atom is 0.155 e. The lowest BCUT2D eigenvalue weighted by atomic mass is 10.2. The summed E-state index contributed by atoms with van der Waals surface area (Å²) in [6, 6.07) is 0. The molecule has 1 heteroatoms. The van der Waals surface area contributed by atoms with Crippen LogP contribution in [0, 0.1) is 0 Å². The summed E-state index contributed by atoms with van der Waals surface area (Å²) < 4.78 is 0. The van der Waals surface area contributed by atoms with Gasteiger partial charge in [0.15, 0.2) is 5.78 Å². The first-order valence-corrected chi connectivity index (χ1v) is 5.28. The highest BCUT2D eigenvalue weighted by Crippen LogP contribution is 1.94. The molecule has 0 saturated carbocycles. The minimum Gasteiger partial charge on any atom is -0.295 e. The molecule has 0 N–H and O–H groups in total. The van der Waals surface area contributed by atoms with E-state index in [1.165, 1.54) is 0 Å². The Labute approximate surface area is 87.2 Å². The smallest absolute Gasteiger partial charge is 0.155 e.